The summed E-state index contributed by atoms with van der Waals surface area (Å²) in [6.45, 7) is 12.2. The molecule has 1 unspecified atom stereocenters. The van der Waals surface area contributed by atoms with E-state index >= 15 is 4.79 Å². The molecule has 3 aliphatic heterocycles. The summed E-state index contributed by atoms with van der Waals surface area (Å²) < 4.78 is 0.0129. The molecule has 11 heteroatoms. The molecule has 47 heavy (non-hydrogen) atoms. The Morgan fingerprint density at radius 2 is 1.66 bits per heavy atom. The van der Waals surface area contributed by atoms with Crippen LogP contribution in [0.15, 0.2) is 64.1 Å². The van der Waals surface area contributed by atoms with Gasteiger partial charge >= 0.3 is 5.91 Å². The quantitative estimate of drug-likeness (QED) is 0.282. The zero-order valence-corrected chi connectivity index (χ0v) is 30.8. The fourth-order valence-electron chi connectivity index (χ4n) is 7.50. The van der Waals surface area contributed by atoms with Crippen LogP contribution in [0.1, 0.15) is 78.0 Å². The fourth-order valence-corrected chi connectivity index (χ4v) is 9.20. The van der Waals surface area contributed by atoms with Crippen molar-refractivity contribution >= 4 is 57.9 Å². The smallest absolute Gasteiger partial charge is 0.349 e. The topological polar surface area (TPSA) is 82.1 Å². The van der Waals surface area contributed by atoms with Gasteiger partial charge in [0.05, 0.1) is 19.1 Å². The number of quaternary nitrogens is 1. The second-order valence-electron chi connectivity index (χ2n) is 13.7. The van der Waals surface area contributed by atoms with Crippen LogP contribution >= 0.6 is 35.0 Å². The van der Waals surface area contributed by atoms with Gasteiger partial charge in [0.15, 0.2) is 11.2 Å². The second-order valence-corrected chi connectivity index (χ2v) is 15.5. The molecular formula is C36H46Cl2N5O3S+. The van der Waals surface area contributed by atoms with Gasteiger partial charge in [-0.25, -0.2) is 14.3 Å². The summed E-state index contributed by atoms with van der Waals surface area (Å²) in [5.41, 5.74) is 2.31. The molecule has 0 bridgehead atoms. The van der Waals surface area contributed by atoms with Crippen LogP contribution < -0.4 is 5.32 Å². The normalized spacial score (nSPS) is 27.6. The Morgan fingerprint density at radius 3 is 2.21 bits per heavy atom. The first-order valence-corrected chi connectivity index (χ1v) is 18.0. The lowest BCUT2D eigenvalue weighted by Crippen LogP contribution is -2.62. The summed E-state index contributed by atoms with van der Waals surface area (Å²) in [7, 11) is 3.66. The van der Waals surface area contributed by atoms with E-state index in [2.05, 4.69) is 37.9 Å². The van der Waals surface area contributed by atoms with Crippen molar-refractivity contribution in [2.45, 2.75) is 90.5 Å². The van der Waals surface area contributed by atoms with Crippen molar-refractivity contribution in [2.75, 3.05) is 20.6 Å². The molecule has 252 valence electrons. The summed E-state index contributed by atoms with van der Waals surface area (Å²) in [6.07, 6.45) is 2.17. The highest BCUT2D eigenvalue weighted by atomic mass is 35.5. The van der Waals surface area contributed by atoms with Crippen molar-refractivity contribution in [1.82, 2.24) is 15.1 Å². The Bertz CT molecular complexity index is 1610. The zero-order valence-electron chi connectivity index (χ0n) is 28.5. The number of allylic oxidation sites excluding steroid dienone is 1. The van der Waals surface area contributed by atoms with Crippen molar-refractivity contribution in [3.63, 3.8) is 0 Å². The van der Waals surface area contributed by atoms with E-state index < -0.39 is 11.6 Å². The van der Waals surface area contributed by atoms with Gasteiger partial charge in [0, 0.05) is 55.1 Å². The number of rotatable bonds is 9. The van der Waals surface area contributed by atoms with Gasteiger partial charge in [0.1, 0.15) is 10.4 Å². The molecule has 1 saturated heterocycles. The van der Waals surface area contributed by atoms with E-state index in [-0.39, 0.29) is 46.2 Å². The largest absolute Gasteiger partial charge is 0.355 e. The first-order chi connectivity index (χ1) is 22.1. The van der Waals surface area contributed by atoms with E-state index in [1.807, 2.05) is 62.5 Å². The lowest BCUT2D eigenvalue weighted by Gasteiger charge is -2.39. The third kappa shape index (κ3) is 6.25. The van der Waals surface area contributed by atoms with Crippen molar-refractivity contribution in [3.05, 3.63) is 80.3 Å². The molecule has 8 nitrogen and oxygen atoms in total. The molecule has 0 saturated carbocycles. The third-order valence-electron chi connectivity index (χ3n) is 10.5. The minimum Gasteiger partial charge on any atom is -0.349 e. The van der Waals surface area contributed by atoms with Crippen LogP contribution in [0.3, 0.4) is 0 Å². The molecule has 3 aliphatic rings. The van der Waals surface area contributed by atoms with Crippen LogP contribution in [-0.2, 0) is 19.9 Å². The monoisotopic (exact) mass is 698 g/mol. The van der Waals surface area contributed by atoms with E-state index in [4.69, 9.17) is 28.2 Å². The molecule has 1 N–H and O–H groups in total. The molecule has 0 radical (unpaired) electrons. The number of halogens is 2. The average molecular weight is 700 g/mol. The molecular weight excluding hydrogens is 653 g/mol. The molecule has 1 fully saturated rings. The van der Waals surface area contributed by atoms with E-state index in [1.165, 1.54) is 18.7 Å². The van der Waals surface area contributed by atoms with Crippen LogP contribution in [0.25, 0.3) is 0 Å². The van der Waals surface area contributed by atoms with E-state index in [9.17, 15) is 9.59 Å². The number of nitrogens with one attached hydrogen (secondary N) is 1. The molecule has 6 atom stereocenters. The Morgan fingerprint density at radius 1 is 1.06 bits per heavy atom. The van der Waals surface area contributed by atoms with Crippen LogP contribution in [0.4, 0.5) is 0 Å². The Balaban J connectivity index is 1.55. The highest BCUT2D eigenvalue weighted by Crippen LogP contribution is 2.57. The average Bonchev–Trinajstić information content (AvgIpc) is 3.67. The zero-order chi connectivity index (χ0) is 34.4. The Hall–Kier alpha value is -2.85. The first kappa shape index (κ1) is 35.5. The number of amidine groups is 1. The maximum atomic E-state index is 15.0. The van der Waals surface area contributed by atoms with E-state index in [0.29, 0.717) is 27.9 Å². The minimum absolute atomic E-state index is 0.000790. The molecule has 2 aromatic rings. The van der Waals surface area contributed by atoms with E-state index in [0.717, 1.165) is 34.8 Å². The number of carbonyl (C=O) groups is 3. The van der Waals surface area contributed by atoms with Gasteiger partial charge in [0.2, 0.25) is 5.91 Å². The van der Waals surface area contributed by atoms with Gasteiger partial charge in [-0.15, -0.1) is 0 Å². The molecule has 3 heterocycles. The predicted molar refractivity (Wildman–Crippen MR) is 191 cm³/mol. The highest BCUT2D eigenvalue weighted by Gasteiger charge is 2.59. The Kier molecular flexibility index (Phi) is 10.2. The summed E-state index contributed by atoms with van der Waals surface area (Å²) in [5.74, 6) is -0.255. The SMILES string of the molecule is CC[C@@H]1CC[C@@H](C(=O)NC[C@H](C)N(C)C(C)=O)[N+]1(C)C(=O)C1=C(C(C)C)N2C(=N[C@@](C)(c3ccc(Cl)cc3)[C@H]2c2ccc(Cl)cc2)S1. The van der Waals surface area contributed by atoms with Gasteiger partial charge in [-0.3, -0.25) is 9.59 Å². The lowest BCUT2D eigenvalue weighted by molar-refractivity contribution is -0.860. The molecule has 5 rings (SSSR count). The number of benzene rings is 2. The van der Waals surface area contributed by atoms with Crippen molar-refractivity contribution < 1.29 is 18.9 Å². The number of hydrogen-bond donors (Lipinski definition) is 1. The van der Waals surface area contributed by atoms with Crippen LogP contribution in [0, 0.1) is 5.92 Å². The number of likely N-dealkylation sites (N-methyl/N-ethyl adjacent to an activating group) is 2. The first-order valence-electron chi connectivity index (χ1n) is 16.4. The van der Waals surface area contributed by atoms with E-state index in [1.54, 1.807) is 11.9 Å². The maximum Gasteiger partial charge on any atom is 0.355 e. The number of amides is 3. The highest BCUT2D eigenvalue weighted by molar-refractivity contribution is 8.18. The molecule has 0 spiro atoms. The summed E-state index contributed by atoms with van der Waals surface area (Å²) in [5, 5.41) is 5.15. The van der Waals surface area contributed by atoms with Gasteiger partial charge in [0.25, 0.3) is 5.91 Å². The number of hydrogen-bond acceptors (Lipinski definition) is 6. The molecule has 3 amide bonds. The van der Waals surface area contributed by atoms with Crippen molar-refractivity contribution in [1.29, 1.82) is 0 Å². The molecule has 2 aromatic carbocycles. The number of likely N-dealkylation sites (tertiary alicyclic amines) is 1. The van der Waals surface area contributed by atoms with Crippen LogP contribution in [0.5, 0.6) is 0 Å². The number of thioether (sulfide) groups is 1. The Labute approximate surface area is 293 Å². The second kappa shape index (κ2) is 13.6. The summed E-state index contributed by atoms with van der Waals surface area (Å²) in [6, 6.07) is 14.7. The minimum atomic E-state index is -0.667. The van der Waals surface area contributed by atoms with Crippen molar-refractivity contribution in [2.24, 2.45) is 10.9 Å². The molecule has 0 aliphatic carbocycles. The number of aliphatic imine (C=N–C) groups is 1. The number of nitrogens with zero attached hydrogens (tertiary/aromatic N) is 4. The predicted octanol–water partition coefficient (Wildman–Crippen LogP) is 7.13. The fraction of sp³-hybridized carbons (Fsp3) is 0.500. The lowest BCUT2D eigenvalue weighted by atomic mass is 9.81. The van der Waals surface area contributed by atoms with Crippen molar-refractivity contribution in [3.8, 4) is 0 Å². The van der Waals surface area contributed by atoms with Crippen LogP contribution in [0.2, 0.25) is 10.0 Å². The summed E-state index contributed by atoms with van der Waals surface area (Å²) >= 11 is 14.0. The maximum absolute atomic E-state index is 15.0. The van der Waals surface area contributed by atoms with Crippen LogP contribution in [-0.4, -0.2) is 75.9 Å². The number of fused-ring (bicyclic) bond motifs is 1. The third-order valence-corrected chi connectivity index (χ3v) is 12.0. The van der Waals surface area contributed by atoms with Gasteiger partial charge < -0.3 is 15.1 Å². The van der Waals surface area contributed by atoms with Gasteiger partial charge in [-0.05, 0) is 73.3 Å². The van der Waals surface area contributed by atoms with Gasteiger partial charge in [-0.2, -0.15) is 0 Å². The standard InChI is InChI=1S/C36H45Cl2N5O3S/c1-9-28-18-19-29(33(45)39-20-22(4)41(7)23(5)44)43(28,8)34(46)31-30(21(2)3)42-32(24-10-14-26(37)15-11-24)36(6,40-35(42)47-31)25-12-16-27(38)17-13-25/h10-17,21-22,28-29,32H,9,18-20H2,1-8H3/p+1/t22-,28+,29-,32+,36-,43?/m0/s1. The summed E-state index contributed by atoms with van der Waals surface area (Å²) in [4.78, 5) is 50.6. The number of carbonyl (C=O) groups excluding carboxylic acids is 3. The van der Waals surface area contributed by atoms with Gasteiger partial charge in [-0.1, -0.05) is 68.2 Å². The molecule has 0 aromatic heterocycles.